The van der Waals surface area contributed by atoms with Crippen LogP contribution in [0.5, 0.6) is 0 Å². The number of halogens is 2. The number of carbonyl (C=O) groups is 1. The Morgan fingerprint density at radius 3 is 2.70 bits per heavy atom. The third-order valence-corrected chi connectivity index (χ3v) is 5.91. The third kappa shape index (κ3) is 3.93. The Bertz CT molecular complexity index is 1450. The van der Waals surface area contributed by atoms with Crippen LogP contribution in [0.15, 0.2) is 65.8 Å². The van der Waals surface area contributed by atoms with Crippen LogP contribution in [-0.2, 0) is 13.1 Å². The van der Waals surface area contributed by atoms with E-state index in [0.717, 1.165) is 5.69 Å². The first-order chi connectivity index (χ1) is 15.9. The number of fused-ring (bicyclic) bond motifs is 1. The van der Waals surface area contributed by atoms with Gasteiger partial charge in [-0.15, -0.1) is 0 Å². The van der Waals surface area contributed by atoms with Crippen molar-refractivity contribution in [2.45, 2.75) is 20.0 Å². The fourth-order valence-corrected chi connectivity index (χ4v) is 4.12. The molecule has 0 bridgehead atoms. The van der Waals surface area contributed by atoms with Gasteiger partial charge in [-0.2, -0.15) is 0 Å². The van der Waals surface area contributed by atoms with Crippen molar-refractivity contribution in [2.75, 3.05) is 6.54 Å². The minimum Gasteiger partial charge on any atom is -0.330 e. The van der Waals surface area contributed by atoms with Gasteiger partial charge in [-0.3, -0.25) is 14.6 Å². The van der Waals surface area contributed by atoms with Crippen molar-refractivity contribution in [1.82, 2.24) is 24.0 Å². The van der Waals surface area contributed by atoms with Crippen LogP contribution in [0.3, 0.4) is 0 Å². The Labute approximate surface area is 193 Å². The average molecular weight is 464 g/mol. The molecular formula is C24H19ClFN5O2. The first kappa shape index (κ1) is 21.1. The maximum absolute atomic E-state index is 13.5. The number of nitrogens with zero attached hydrogens (tertiary/aromatic N) is 5. The molecule has 1 aromatic carbocycles. The van der Waals surface area contributed by atoms with Crippen molar-refractivity contribution in [3.05, 3.63) is 99.3 Å². The van der Waals surface area contributed by atoms with Crippen LogP contribution in [0.4, 0.5) is 4.39 Å². The van der Waals surface area contributed by atoms with Crippen molar-refractivity contribution < 1.29 is 9.18 Å². The average Bonchev–Trinajstić information content (AvgIpc) is 3.24. The van der Waals surface area contributed by atoms with Crippen LogP contribution in [0.1, 0.15) is 21.9 Å². The van der Waals surface area contributed by atoms with Gasteiger partial charge in [-0.1, -0.05) is 17.7 Å². The molecule has 0 radical (unpaired) electrons. The Morgan fingerprint density at radius 1 is 1.09 bits per heavy atom. The van der Waals surface area contributed by atoms with Gasteiger partial charge in [-0.25, -0.2) is 9.37 Å². The number of benzene rings is 1. The van der Waals surface area contributed by atoms with Gasteiger partial charge in [0.15, 0.2) is 0 Å². The van der Waals surface area contributed by atoms with E-state index in [1.165, 1.54) is 16.7 Å². The number of rotatable bonds is 4. The van der Waals surface area contributed by atoms with Gasteiger partial charge < -0.3 is 14.0 Å². The van der Waals surface area contributed by atoms with E-state index in [1.54, 1.807) is 46.3 Å². The summed E-state index contributed by atoms with van der Waals surface area (Å²) in [6.45, 7) is 2.90. The topological polar surface area (TPSA) is 73.0 Å². The zero-order valence-electron chi connectivity index (χ0n) is 17.7. The molecule has 0 spiro atoms. The highest BCUT2D eigenvalue weighted by Gasteiger charge is 2.26. The summed E-state index contributed by atoms with van der Waals surface area (Å²) in [4.78, 5) is 36.6. The third-order valence-electron chi connectivity index (χ3n) is 5.62. The van der Waals surface area contributed by atoms with Crippen LogP contribution in [0, 0.1) is 12.7 Å². The van der Waals surface area contributed by atoms with Crippen molar-refractivity contribution in [3.8, 4) is 16.9 Å². The maximum Gasteiger partial charge on any atom is 0.275 e. The van der Waals surface area contributed by atoms with Crippen molar-refractivity contribution in [1.29, 1.82) is 0 Å². The molecule has 1 aliphatic heterocycles. The standard InChI is InChI=1S/C24H19ClFN5O2/c1-15-12-30(14-27-15)21-7-8-22-23(32)29(9-10-31(22)24(21)33)13-17-3-2-4-20(28-17)16-5-6-19(26)18(25)11-16/h2-8,11-12,14H,9-10,13H2,1H3. The van der Waals surface area contributed by atoms with Crippen molar-refractivity contribution >= 4 is 17.5 Å². The summed E-state index contributed by atoms with van der Waals surface area (Å²) >= 11 is 5.90. The summed E-state index contributed by atoms with van der Waals surface area (Å²) in [5.74, 6) is -0.723. The number of hydrogen-bond donors (Lipinski definition) is 0. The zero-order chi connectivity index (χ0) is 23.1. The summed E-state index contributed by atoms with van der Waals surface area (Å²) in [7, 11) is 0. The fraction of sp³-hybridized carbons (Fsp3) is 0.167. The van der Waals surface area contributed by atoms with Crippen LogP contribution < -0.4 is 5.56 Å². The Balaban J connectivity index is 1.40. The summed E-state index contributed by atoms with van der Waals surface area (Å²) in [5, 5.41) is 0.0261. The maximum atomic E-state index is 13.5. The molecule has 0 N–H and O–H groups in total. The molecule has 166 valence electrons. The molecule has 0 fully saturated rings. The van der Waals surface area contributed by atoms with E-state index < -0.39 is 5.82 Å². The molecule has 1 amide bonds. The second kappa shape index (κ2) is 8.29. The molecule has 3 aromatic heterocycles. The number of pyridine rings is 2. The molecule has 0 saturated heterocycles. The highest BCUT2D eigenvalue weighted by atomic mass is 35.5. The number of carbonyl (C=O) groups excluding carboxylic acids is 1. The first-order valence-electron chi connectivity index (χ1n) is 10.4. The van der Waals surface area contributed by atoms with Gasteiger partial charge in [0, 0.05) is 24.8 Å². The number of hydrogen-bond acceptors (Lipinski definition) is 4. The Hall–Kier alpha value is -3.78. The second-order valence-electron chi connectivity index (χ2n) is 7.85. The molecule has 0 aliphatic carbocycles. The van der Waals surface area contributed by atoms with Crippen LogP contribution in [0.2, 0.25) is 5.02 Å². The second-order valence-corrected chi connectivity index (χ2v) is 8.26. The molecule has 0 saturated carbocycles. The van der Waals surface area contributed by atoms with Crippen LogP contribution in [0.25, 0.3) is 16.9 Å². The van der Waals surface area contributed by atoms with Crippen molar-refractivity contribution in [2.24, 2.45) is 0 Å². The SMILES string of the molecule is Cc1cn(-c2ccc3n(c2=O)CCN(Cc2cccc(-c4ccc(F)c(Cl)c4)n2)C3=O)cn1. The highest BCUT2D eigenvalue weighted by molar-refractivity contribution is 6.31. The number of aryl methyl sites for hydroxylation is 1. The largest absolute Gasteiger partial charge is 0.330 e. The first-order valence-corrected chi connectivity index (χ1v) is 10.7. The lowest BCUT2D eigenvalue weighted by atomic mass is 10.1. The summed E-state index contributed by atoms with van der Waals surface area (Å²) in [5.41, 5.74) is 3.37. The van der Waals surface area contributed by atoms with Gasteiger partial charge in [0.05, 0.1) is 35.0 Å². The number of amides is 1. The van der Waals surface area contributed by atoms with E-state index in [0.29, 0.717) is 41.4 Å². The lowest BCUT2D eigenvalue weighted by molar-refractivity contribution is 0.0684. The fourth-order valence-electron chi connectivity index (χ4n) is 3.94. The molecule has 0 atom stereocenters. The van der Waals surface area contributed by atoms with E-state index in [4.69, 9.17) is 11.6 Å². The predicted molar refractivity (Wildman–Crippen MR) is 122 cm³/mol. The zero-order valence-corrected chi connectivity index (χ0v) is 18.5. The minimum absolute atomic E-state index is 0.0261. The molecule has 0 unspecified atom stereocenters. The van der Waals surface area contributed by atoms with Gasteiger partial charge >= 0.3 is 0 Å². The van der Waals surface area contributed by atoms with E-state index in [2.05, 4.69) is 9.97 Å². The van der Waals surface area contributed by atoms with E-state index >= 15 is 0 Å². The summed E-state index contributed by atoms with van der Waals surface area (Å²) in [6.07, 6.45) is 3.36. The minimum atomic E-state index is -0.490. The van der Waals surface area contributed by atoms with Gasteiger partial charge in [-0.05, 0) is 49.4 Å². The summed E-state index contributed by atoms with van der Waals surface area (Å²) in [6, 6.07) is 13.2. The van der Waals surface area contributed by atoms with Crippen LogP contribution >= 0.6 is 11.6 Å². The lowest BCUT2D eigenvalue weighted by Gasteiger charge is -2.29. The van der Waals surface area contributed by atoms with Gasteiger partial charge in [0.25, 0.3) is 11.5 Å². The van der Waals surface area contributed by atoms with Gasteiger partial charge in [0.1, 0.15) is 17.2 Å². The molecule has 1 aliphatic rings. The molecule has 33 heavy (non-hydrogen) atoms. The van der Waals surface area contributed by atoms with Gasteiger partial charge in [0.2, 0.25) is 0 Å². The molecule has 5 rings (SSSR count). The molecule has 9 heteroatoms. The molecule has 4 heterocycles. The predicted octanol–water partition coefficient (Wildman–Crippen LogP) is 3.85. The Morgan fingerprint density at radius 2 is 1.94 bits per heavy atom. The lowest BCUT2D eigenvalue weighted by Crippen LogP contribution is -2.44. The quantitative estimate of drug-likeness (QED) is 0.461. The smallest absolute Gasteiger partial charge is 0.275 e. The number of imidazole rings is 1. The van der Waals surface area contributed by atoms with E-state index in [1.807, 2.05) is 19.1 Å². The molecular weight excluding hydrogens is 445 g/mol. The monoisotopic (exact) mass is 463 g/mol. The highest BCUT2D eigenvalue weighted by Crippen LogP contribution is 2.24. The van der Waals surface area contributed by atoms with E-state index in [-0.39, 0.29) is 23.0 Å². The Kier molecular flexibility index (Phi) is 5.30. The van der Waals surface area contributed by atoms with Crippen LogP contribution in [-0.4, -0.2) is 36.5 Å². The number of aromatic nitrogens is 4. The van der Waals surface area contributed by atoms with Crippen molar-refractivity contribution in [3.63, 3.8) is 0 Å². The molecule has 4 aromatic rings. The normalized spacial score (nSPS) is 13.3. The summed E-state index contributed by atoms with van der Waals surface area (Å²) < 4.78 is 16.7. The van der Waals surface area contributed by atoms with E-state index in [9.17, 15) is 14.0 Å². The molecule has 7 nitrogen and oxygen atoms in total.